The van der Waals surface area contributed by atoms with Crippen molar-refractivity contribution in [1.82, 2.24) is 0 Å². The van der Waals surface area contributed by atoms with Gasteiger partial charge < -0.3 is 14.2 Å². The lowest BCUT2D eigenvalue weighted by atomic mass is 10.1. The van der Waals surface area contributed by atoms with Gasteiger partial charge in [-0.05, 0) is 12.1 Å². The highest BCUT2D eigenvalue weighted by molar-refractivity contribution is 6.00. The topological polar surface area (TPSA) is 105 Å². The molecule has 0 N–H and O–H groups in total. The van der Waals surface area contributed by atoms with E-state index in [4.69, 9.17) is 14.2 Å². The number of methoxy groups -OCH3 is 2. The fourth-order valence-corrected chi connectivity index (χ4v) is 2.16. The number of ketones is 1. The zero-order chi connectivity index (χ0) is 19.3. The first kappa shape index (κ1) is 18.8. The maximum Gasteiger partial charge on any atom is 0.345 e. The first-order valence-corrected chi connectivity index (χ1v) is 7.24. The van der Waals surface area contributed by atoms with Gasteiger partial charge in [0.2, 0.25) is 5.78 Å². The zero-order valence-electron chi connectivity index (χ0n) is 13.9. The van der Waals surface area contributed by atoms with Crippen molar-refractivity contribution in [3.05, 3.63) is 63.5 Å². The van der Waals surface area contributed by atoms with Crippen molar-refractivity contribution in [2.24, 2.45) is 0 Å². The van der Waals surface area contributed by atoms with E-state index in [9.17, 15) is 24.1 Å². The monoisotopic (exact) mass is 363 g/mol. The number of carbonyl (C=O) groups is 2. The summed E-state index contributed by atoms with van der Waals surface area (Å²) in [6.45, 7) is -0.773. The van der Waals surface area contributed by atoms with Crippen LogP contribution in [0, 0.1) is 15.9 Å². The minimum Gasteiger partial charge on any atom is -0.493 e. The number of esters is 1. The first-order chi connectivity index (χ1) is 12.4. The van der Waals surface area contributed by atoms with Crippen LogP contribution in [-0.2, 0) is 4.74 Å². The van der Waals surface area contributed by atoms with Crippen LogP contribution in [0.25, 0.3) is 0 Å². The third-order valence-corrected chi connectivity index (χ3v) is 3.43. The number of benzene rings is 2. The Kier molecular flexibility index (Phi) is 5.84. The van der Waals surface area contributed by atoms with E-state index >= 15 is 0 Å². The molecule has 136 valence electrons. The van der Waals surface area contributed by atoms with E-state index in [1.807, 2.05) is 0 Å². The second kappa shape index (κ2) is 8.06. The van der Waals surface area contributed by atoms with Gasteiger partial charge in [-0.2, -0.15) is 0 Å². The molecule has 8 nitrogen and oxygen atoms in total. The minimum atomic E-state index is -1.12. The van der Waals surface area contributed by atoms with Crippen LogP contribution in [-0.4, -0.2) is 37.5 Å². The first-order valence-electron chi connectivity index (χ1n) is 7.24. The van der Waals surface area contributed by atoms with Gasteiger partial charge in [-0.15, -0.1) is 0 Å². The van der Waals surface area contributed by atoms with Gasteiger partial charge in [0.25, 0.3) is 5.69 Å². The maximum absolute atomic E-state index is 13.6. The number of nitro groups is 1. The lowest BCUT2D eigenvalue weighted by molar-refractivity contribution is -0.385. The molecule has 0 saturated heterocycles. The van der Waals surface area contributed by atoms with Crippen LogP contribution in [0.15, 0.2) is 36.4 Å². The summed E-state index contributed by atoms with van der Waals surface area (Å²) in [5.41, 5.74) is -1.25. The van der Waals surface area contributed by atoms with Gasteiger partial charge in [0, 0.05) is 6.07 Å². The molecule has 0 unspecified atom stereocenters. The fourth-order valence-electron chi connectivity index (χ4n) is 2.16. The van der Waals surface area contributed by atoms with Crippen molar-refractivity contribution in [1.29, 1.82) is 0 Å². The number of rotatable bonds is 7. The third kappa shape index (κ3) is 3.94. The third-order valence-electron chi connectivity index (χ3n) is 3.43. The average Bonchev–Trinajstić information content (AvgIpc) is 2.64. The Bertz CT molecular complexity index is 866. The van der Waals surface area contributed by atoms with E-state index in [1.54, 1.807) is 0 Å². The standard InChI is InChI=1S/C17H14FNO7/c1-24-15-7-11(13(19(22)23)8-16(15)25-2)17(21)26-9-14(20)10-5-3-4-6-12(10)18/h3-8H,9H2,1-2H3. The molecule has 0 aromatic heterocycles. The maximum atomic E-state index is 13.6. The number of Topliss-reactive ketones (excluding diaryl/α,β-unsaturated/α-hetero) is 1. The molecule has 0 aliphatic carbocycles. The lowest BCUT2D eigenvalue weighted by Crippen LogP contribution is -2.16. The molecular weight excluding hydrogens is 349 g/mol. The van der Waals surface area contributed by atoms with Gasteiger partial charge in [0.05, 0.1) is 30.8 Å². The molecular formula is C17H14FNO7. The van der Waals surface area contributed by atoms with Crippen molar-refractivity contribution < 1.29 is 33.1 Å². The number of hydrogen-bond donors (Lipinski definition) is 0. The Morgan fingerprint density at radius 2 is 1.69 bits per heavy atom. The van der Waals surface area contributed by atoms with Crippen molar-refractivity contribution in [2.75, 3.05) is 20.8 Å². The molecule has 2 aromatic rings. The van der Waals surface area contributed by atoms with Crippen molar-refractivity contribution in [3.8, 4) is 11.5 Å². The summed E-state index contributed by atoms with van der Waals surface area (Å²) in [6.07, 6.45) is 0. The molecule has 0 fully saturated rings. The normalized spacial score (nSPS) is 10.1. The molecule has 0 aliphatic heterocycles. The lowest BCUT2D eigenvalue weighted by Gasteiger charge is -2.10. The smallest absolute Gasteiger partial charge is 0.345 e. The molecule has 9 heteroatoms. The largest absolute Gasteiger partial charge is 0.493 e. The Balaban J connectivity index is 2.25. The van der Waals surface area contributed by atoms with Gasteiger partial charge in [0.15, 0.2) is 18.1 Å². The van der Waals surface area contributed by atoms with E-state index in [2.05, 4.69) is 0 Å². The molecule has 2 aromatic carbocycles. The molecule has 26 heavy (non-hydrogen) atoms. The highest BCUT2D eigenvalue weighted by atomic mass is 19.1. The Hall–Kier alpha value is -3.49. The van der Waals surface area contributed by atoms with Crippen LogP contribution in [0.3, 0.4) is 0 Å². The summed E-state index contributed by atoms with van der Waals surface area (Å²) in [6, 6.07) is 7.28. The zero-order valence-corrected chi connectivity index (χ0v) is 13.9. The Labute approximate surface area is 147 Å². The van der Waals surface area contributed by atoms with Crippen LogP contribution in [0.4, 0.5) is 10.1 Å². The van der Waals surface area contributed by atoms with E-state index in [1.165, 1.54) is 32.4 Å². The quantitative estimate of drug-likeness (QED) is 0.322. The van der Waals surface area contributed by atoms with Crippen LogP contribution in [0.5, 0.6) is 11.5 Å². The summed E-state index contributed by atoms with van der Waals surface area (Å²) in [5, 5.41) is 11.2. The van der Waals surface area contributed by atoms with E-state index in [-0.39, 0.29) is 17.1 Å². The number of hydrogen-bond acceptors (Lipinski definition) is 7. The average molecular weight is 363 g/mol. The molecule has 0 spiro atoms. The van der Waals surface area contributed by atoms with Crippen LogP contribution in [0.1, 0.15) is 20.7 Å². The fraction of sp³-hybridized carbons (Fsp3) is 0.176. The predicted octanol–water partition coefficient (Wildman–Crippen LogP) is 2.79. The molecule has 0 amide bonds. The summed E-state index contributed by atoms with van der Waals surface area (Å²) in [4.78, 5) is 34.5. The Morgan fingerprint density at radius 1 is 1.08 bits per heavy atom. The number of nitro benzene ring substituents is 1. The SMILES string of the molecule is COc1cc(C(=O)OCC(=O)c2ccccc2F)c([N+](=O)[O-])cc1OC. The number of carbonyl (C=O) groups excluding carboxylic acids is 2. The second-order valence-corrected chi connectivity index (χ2v) is 4.96. The van der Waals surface area contributed by atoms with Crippen molar-refractivity contribution in [3.63, 3.8) is 0 Å². The Morgan fingerprint density at radius 3 is 2.27 bits per heavy atom. The molecule has 0 atom stereocenters. The summed E-state index contributed by atoms with van der Waals surface area (Å²) in [5.74, 6) is -2.53. The second-order valence-electron chi connectivity index (χ2n) is 4.96. The van der Waals surface area contributed by atoms with Gasteiger partial charge in [-0.1, -0.05) is 12.1 Å². The predicted molar refractivity (Wildman–Crippen MR) is 87.2 cm³/mol. The highest BCUT2D eigenvalue weighted by Crippen LogP contribution is 2.34. The number of halogens is 1. The molecule has 0 aliphatic rings. The number of nitrogens with zero attached hydrogens (tertiary/aromatic N) is 1. The van der Waals surface area contributed by atoms with Gasteiger partial charge in [-0.3, -0.25) is 14.9 Å². The van der Waals surface area contributed by atoms with Crippen LogP contribution < -0.4 is 9.47 Å². The molecule has 0 saturated carbocycles. The van der Waals surface area contributed by atoms with E-state index in [0.29, 0.717) is 0 Å². The number of ether oxygens (including phenoxy) is 3. The van der Waals surface area contributed by atoms with Gasteiger partial charge in [0.1, 0.15) is 11.4 Å². The molecule has 2 rings (SSSR count). The van der Waals surface area contributed by atoms with Crippen molar-refractivity contribution >= 4 is 17.4 Å². The molecule has 0 heterocycles. The summed E-state index contributed by atoms with van der Waals surface area (Å²) >= 11 is 0. The van der Waals surface area contributed by atoms with E-state index in [0.717, 1.165) is 18.2 Å². The van der Waals surface area contributed by atoms with Gasteiger partial charge in [-0.25, -0.2) is 9.18 Å². The molecule has 0 radical (unpaired) electrons. The highest BCUT2D eigenvalue weighted by Gasteiger charge is 2.26. The van der Waals surface area contributed by atoms with Crippen molar-refractivity contribution in [2.45, 2.75) is 0 Å². The van der Waals surface area contributed by atoms with Crippen LogP contribution in [0.2, 0.25) is 0 Å². The van der Waals surface area contributed by atoms with E-state index < -0.39 is 40.4 Å². The molecule has 0 bridgehead atoms. The van der Waals surface area contributed by atoms with Crippen LogP contribution >= 0.6 is 0 Å². The summed E-state index contributed by atoms with van der Waals surface area (Å²) < 4.78 is 28.3. The van der Waals surface area contributed by atoms with Gasteiger partial charge >= 0.3 is 5.97 Å². The summed E-state index contributed by atoms with van der Waals surface area (Å²) in [7, 11) is 2.58. The minimum absolute atomic E-state index is 0.0539.